The molecule has 0 heterocycles. The van der Waals surface area contributed by atoms with Crippen LogP contribution in [0.4, 0.5) is 0 Å². The first-order valence-corrected chi connectivity index (χ1v) is 21.9. The molecule has 0 bridgehead atoms. The van der Waals surface area contributed by atoms with Gasteiger partial charge in [-0.15, -0.1) is 0 Å². The first kappa shape index (κ1) is 48.4. The molecule has 0 aliphatic heterocycles. The second kappa shape index (κ2) is 40.1. The summed E-state index contributed by atoms with van der Waals surface area (Å²) in [6, 6.07) is -0.822. The number of esters is 2. The van der Waals surface area contributed by atoms with Crippen LogP contribution in [0.2, 0.25) is 0 Å². The van der Waals surface area contributed by atoms with Gasteiger partial charge in [0.05, 0.1) is 13.2 Å². The van der Waals surface area contributed by atoms with Gasteiger partial charge < -0.3 is 20.5 Å². The van der Waals surface area contributed by atoms with Crippen LogP contribution in [0.15, 0.2) is 0 Å². The smallest absolute Gasteiger partial charge is 0.328 e. The molecule has 0 aliphatic carbocycles. The van der Waals surface area contributed by atoms with Gasteiger partial charge in [0, 0.05) is 12.8 Å². The van der Waals surface area contributed by atoms with Crippen molar-refractivity contribution in [1.29, 1.82) is 0 Å². The molecule has 0 aliphatic rings. The topological polar surface area (TPSA) is 108 Å². The lowest BCUT2D eigenvalue weighted by molar-refractivity contribution is -0.149. The van der Waals surface area contributed by atoms with E-state index < -0.39 is 12.0 Å². The minimum atomic E-state index is -0.822. The summed E-state index contributed by atoms with van der Waals surface area (Å²) in [6.07, 6.45) is 38.9. The molecule has 1 unspecified atom stereocenters. The molecule has 0 aromatic rings. The molecule has 0 spiro atoms. The van der Waals surface area contributed by atoms with Gasteiger partial charge in [-0.05, 0) is 38.6 Å². The van der Waals surface area contributed by atoms with Gasteiger partial charge >= 0.3 is 11.9 Å². The highest BCUT2D eigenvalue weighted by atomic mass is 16.5. The van der Waals surface area contributed by atoms with Crippen molar-refractivity contribution in [2.45, 2.75) is 238 Å². The van der Waals surface area contributed by atoms with Gasteiger partial charge in [0.1, 0.15) is 6.04 Å². The van der Waals surface area contributed by atoms with E-state index in [0.717, 1.165) is 51.4 Å². The van der Waals surface area contributed by atoms with Gasteiger partial charge in [0.25, 0.3) is 0 Å². The van der Waals surface area contributed by atoms with Crippen LogP contribution in [0, 0.1) is 0 Å². The molecule has 1 atom stereocenters. The summed E-state index contributed by atoms with van der Waals surface area (Å²) in [5.41, 5.74) is 5.56. The summed E-state index contributed by atoms with van der Waals surface area (Å²) in [6.45, 7) is 5.91. The fourth-order valence-electron chi connectivity index (χ4n) is 6.51. The monoisotopic (exact) mass is 709 g/mol. The van der Waals surface area contributed by atoms with Crippen LogP contribution in [0.5, 0.6) is 0 Å². The van der Waals surface area contributed by atoms with E-state index in [1.165, 1.54) is 148 Å². The Hall–Kier alpha value is -1.63. The van der Waals surface area contributed by atoms with Crippen LogP contribution in [0.25, 0.3) is 0 Å². The maximum Gasteiger partial charge on any atom is 0.328 e. The standard InChI is InChI=1S/C43H84N2O5/c1-3-5-7-9-11-13-15-17-19-21-23-25-27-32-38-49-42(47)36-35-40(45-41(46)34-30-29-31-37-44)43(48)50-39-33-28-26-24-22-20-18-16-14-12-10-8-6-4-2/h40H,3-39,44H2,1-2H3,(H,45,46). The highest BCUT2D eigenvalue weighted by Crippen LogP contribution is 2.15. The molecule has 7 nitrogen and oxygen atoms in total. The third kappa shape index (κ3) is 36.2. The molecule has 7 heteroatoms. The van der Waals surface area contributed by atoms with Crippen LogP contribution in [0.3, 0.4) is 0 Å². The minimum Gasteiger partial charge on any atom is -0.466 e. The Bertz CT molecular complexity index is 747. The van der Waals surface area contributed by atoms with Crippen LogP contribution in [-0.2, 0) is 23.9 Å². The highest BCUT2D eigenvalue weighted by molar-refractivity contribution is 5.85. The Morgan fingerprint density at radius 1 is 0.460 bits per heavy atom. The number of ether oxygens (including phenoxy) is 2. The molecule has 0 aromatic heterocycles. The number of carbonyl (C=O) groups is 3. The van der Waals surface area contributed by atoms with Crippen LogP contribution >= 0.6 is 0 Å². The number of rotatable bonds is 40. The van der Waals surface area contributed by atoms with Gasteiger partial charge in [-0.3, -0.25) is 9.59 Å². The molecule has 3 N–H and O–H groups in total. The van der Waals surface area contributed by atoms with E-state index in [4.69, 9.17) is 15.2 Å². The molecule has 0 saturated heterocycles. The summed E-state index contributed by atoms with van der Waals surface area (Å²) in [5.74, 6) is -0.951. The van der Waals surface area contributed by atoms with E-state index in [9.17, 15) is 14.4 Å². The Labute approximate surface area is 310 Å². The average molecular weight is 709 g/mol. The van der Waals surface area contributed by atoms with Crippen molar-refractivity contribution in [2.75, 3.05) is 19.8 Å². The van der Waals surface area contributed by atoms with Crippen molar-refractivity contribution >= 4 is 17.8 Å². The molecule has 0 aromatic carbocycles. The molecule has 0 saturated carbocycles. The summed E-state index contributed by atoms with van der Waals surface area (Å²) in [4.78, 5) is 37.9. The zero-order chi connectivity index (χ0) is 36.6. The number of unbranched alkanes of at least 4 members (excludes halogenated alkanes) is 28. The van der Waals surface area contributed by atoms with Crippen LogP contribution < -0.4 is 11.1 Å². The van der Waals surface area contributed by atoms with Crippen molar-refractivity contribution < 1.29 is 23.9 Å². The molecular formula is C43H84N2O5. The van der Waals surface area contributed by atoms with Gasteiger partial charge in [-0.1, -0.05) is 187 Å². The van der Waals surface area contributed by atoms with Gasteiger partial charge in [0.2, 0.25) is 5.91 Å². The molecule has 0 radical (unpaired) electrons. The maximum atomic E-state index is 12.9. The Morgan fingerprint density at radius 3 is 1.22 bits per heavy atom. The van der Waals surface area contributed by atoms with Crippen molar-refractivity contribution in [1.82, 2.24) is 5.32 Å². The molecule has 50 heavy (non-hydrogen) atoms. The second-order valence-corrected chi connectivity index (χ2v) is 14.8. The first-order valence-electron chi connectivity index (χ1n) is 21.9. The third-order valence-corrected chi connectivity index (χ3v) is 9.87. The van der Waals surface area contributed by atoms with E-state index in [2.05, 4.69) is 19.2 Å². The van der Waals surface area contributed by atoms with E-state index in [-0.39, 0.29) is 24.7 Å². The first-order chi connectivity index (χ1) is 24.5. The van der Waals surface area contributed by atoms with Crippen molar-refractivity contribution in [3.05, 3.63) is 0 Å². The second-order valence-electron chi connectivity index (χ2n) is 14.8. The molecule has 1 amide bonds. The zero-order valence-electron chi connectivity index (χ0n) is 33.4. The average Bonchev–Trinajstić information content (AvgIpc) is 3.11. The fourth-order valence-corrected chi connectivity index (χ4v) is 6.51. The number of hydrogen-bond donors (Lipinski definition) is 2. The SMILES string of the molecule is CCCCCCCCCCCCCCCCOC(=O)CCC(NC(=O)CCCCCN)C(=O)OCCCCCCCCCCCCCCCC. The lowest BCUT2D eigenvalue weighted by Gasteiger charge is -2.17. The van der Waals surface area contributed by atoms with E-state index in [1.807, 2.05) is 0 Å². The van der Waals surface area contributed by atoms with Crippen molar-refractivity contribution in [3.63, 3.8) is 0 Å². The molecule has 296 valence electrons. The summed E-state index contributed by atoms with van der Waals surface area (Å²) in [5, 5.41) is 2.82. The van der Waals surface area contributed by atoms with Crippen molar-refractivity contribution in [2.24, 2.45) is 5.73 Å². The predicted molar refractivity (Wildman–Crippen MR) is 211 cm³/mol. The highest BCUT2D eigenvalue weighted by Gasteiger charge is 2.23. The Morgan fingerprint density at radius 2 is 0.820 bits per heavy atom. The van der Waals surface area contributed by atoms with Crippen LogP contribution in [0.1, 0.15) is 232 Å². The van der Waals surface area contributed by atoms with Gasteiger partial charge in [-0.2, -0.15) is 0 Å². The molecule has 0 fully saturated rings. The minimum absolute atomic E-state index is 0.0880. The predicted octanol–water partition coefficient (Wildman–Crippen LogP) is 11.8. The zero-order valence-corrected chi connectivity index (χ0v) is 33.4. The fraction of sp³-hybridized carbons (Fsp3) is 0.930. The van der Waals surface area contributed by atoms with Crippen molar-refractivity contribution in [3.8, 4) is 0 Å². The lowest BCUT2D eigenvalue weighted by Crippen LogP contribution is -2.42. The van der Waals surface area contributed by atoms with Gasteiger partial charge in [0.15, 0.2) is 0 Å². The van der Waals surface area contributed by atoms with Gasteiger partial charge in [-0.25, -0.2) is 4.79 Å². The van der Waals surface area contributed by atoms with E-state index in [1.54, 1.807) is 0 Å². The number of nitrogens with one attached hydrogen (secondary N) is 1. The molecule has 0 rings (SSSR count). The number of amides is 1. The maximum absolute atomic E-state index is 12.9. The largest absolute Gasteiger partial charge is 0.466 e. The Kier molecular flexibility index (Phi) is 38.8. The molecular weight excluding hydrogens is 624 g/mol. The number of nitrogens with two attached hydrogens (primary N) is 1. The number of hydrogen-bond acceptors (Lipinski definition) is 6. The third-order valence-electron chi connectivity index (χ3n) is 9.87. The summed E-state index contributed by atoms with van der Waals surface area (Å²) in [7, 11) is 0. The van der Waals surface area contributed by atoms with E-state index in [0.29, 0.717) is 26.2 Å². The van der Waals surface area contributed by atoms with E-state index >= 15 is 0 Å². The number of carbonyl (C=O) groups excluding carboxylic acids is 3. The van der Waals surface area contributed by atoms with Crippen LogP contribution in [-0.4, -0.2) is 43.6 Å². The quantitative estimate of drug-likeness (QED) is 0.0484. The normalized spacial score (nSPS) is 11.8. The Balaban J connectivity index is 4.09. The lowest BCUT2D eigenvalue weighted by atomic mass is 10.0. The summed E-state index contributed by atoms with van der Waals surface area (Å²) >= 11 is 0. The summed E-state index contributed by atoms with van der Waals surface area (Å²) < 4.78 is 11.0.